The molecule has 2 heterocycles. The predicted molar refractivity (Wildman–Crippen MR) is 90.0 cm³/mol. The number of piperidine rings is 1. The van der Waals surface area contributed by atoms with Crippen LogP contribution in [0.3, 0.4) is 0 Å². The second kappa shape index (κ2) is 7.05. The SMILES string of the molecule is Cc1cccc(C(=O)N2CCC(c3ccnn3CCO)CC2)c1O. The highest BCUT2D eigenvalue weighted by atomic mass is 16.3. The van der Waals surface area contributed by atoms with E-state index in [1.165, 1.54) is 0 Å². The number of aromatic nitrogens is 2. The molecule has 0 aliphatic carbocycles. The minimum Gasteiger partial charge on any atom is -0.507 e. The Hall–Kier alpha value is -2.34. The molecule has 1 fully saturated rings. The molecule has 128 valence electrons. The minimum absolute atomic E-state index is 0.0681. The Morgan fingerprint density at radius 2 is 2.04 bits per heavy atom. The number of aliphatic hydroxyl groups is 1. The maximum absolute atomic E-state index is 12.7. The molecule has 1 aromatic carbocycles. The molecule has 0 unspecified atom stereocenters. The van der Waals surface area contributed by atoms with Gasteiger partial charge in [-0.2, -0.15) is 5.10 Å². The van der Waals surface area contributed by atoms with Gasteiger partial charge in [0.2, 0.25) is 0 Å². The standard InChI is InChI=1S/C18H23N3O3/c1-13-3-2-4-15(17(13)23)18(24)20-9-6-14(7-10-20)16-5-8-19-21(16)11-12-22/h2-5,8,14,22-23H,6-7,9-12H2,1H3. The van der Waals surface area contributed by atoms with E-state index in [1.54, 1.807) is 36.2 Å². The number of aromatic hydroxyl groups is 1. The molecule has 0 radical (unpaired) electrons. The monoisotopic (exact) mass is 329 g/mol. The fourth-order valence-corrected chi connectivity index (χ4v) is 3.35. The second-order valence-corrected chi connectivity index (χ2v) is 6.24. The number of aryl methyl sites for hydroxylation is 1. The van der Waals surface area contributed by atoms with Crippen molar-refractivity contribution in [2.24, 2.45) is 0 Å². The summed E-state index contributed by atoms with van der Waals surface area (Å²) >= 11 is 0. The van der Waals surface area contributed by atoms with Crippen LogP contribution < -0.4 is 0 Å². The number of aliphatic hydroxyl groups excluding tert-OH is 1. The second-order valence-electron chi connectivity index (χ2n) is 6.24. The van der Waals surface area contributed by atoms with E-state index >= 15 is 0 Å². The molecule has 1 aliphatic rings. The Bertz CT molecular complexity index is 718. The average molecular weight is 329 g/mol. The lowest BCUT2D eigenvalue weighted by atomic mass is 9.93. The number of phenols is 1. The first-order chi connectivity index (χ1) is 11.6. The van der Waals surface area contributed by atoms with Crippen LogP contribution in [-0.4, -0.2) is 50.5 Å². The Kier molecular flexibility index (Phi) is 4.85. The van der Waals surface area contributed by atoms with Gasteiger partial charge >= 0.3 is 0 Å². The molecular weight excluding hydrogens is 306 g/mol. The summed E-state index contributed by atoms with van der Waals surface area (Å²) in [5, 5.41) is 23.5. The van der Waals surface area contributed by atoms with E-state index in [0.29, 0.717) is 36.7 Å². The van der Waals surface area contributed by atoms with Gasteiger partial charge in [0.15, 0.2) is 0 Å². The van der Waals surface area contributed by atoms with Crippen molar-refractivity contribution in [1.29, 1.82) is 0 Å². The number of likely N-dealkylation sites (tertiary alicyclic amines) is 1. The van der Waals surface area contributed by atoms with Crippen molar-refractivity contribution in [1.82, 2.24) is 14.7 Å². The highest BCUT2D eigenvalue weighted by Gasteiger charge is 2.27. The molecule has 2 aromatic rings. The van der Waals surface area contributed by atoms with Crippen LogP contribution in [0, 0.1) is 6.92 Å². The van der Waals surface area contributed by atoms with Crippen LogP contribution in [0.2, 0.25) is 0 Å². The summed E-state index contributed by atoms with van der Waals surface area (Å²) in [6, 6.07) is 7.25. The van der Waals surface area contributed by atoms with Crippen molar-refractivity contribution >= 4 is 5.91 Å². The van der Waals surface area contributed by atoms with Gasteiger partial charge < -0.3 is 15.1 Å². The van der Waals surface area contributed by atoms with Gasteiger partial charge in [-0.15, -0.1) is 0 Å². The lowest BCUT2D eigenvalue weighted by Gasteiger charge is -2.32. The van der Waals surface area contributed by atoms with Crippen molar-refractivity contribution in [3.8, 4) is 5.75 Å². The summed E-state index contributed by atoms with van der Waals surface area (Å²) in [5.41, 5.74) is 2.21. The normalized spacial score (nSPS) is 15.7. The van der Waals surface area contributed by atoms with E-state index in [1.807, 2.05) is 10.7 Å². The highest BCUT2D eigenvalue weighted by Crippen LogP contribution is 2.30. The lowest BCUT2D eigenvalue weighted by Crippen LogP contribution is -2.38. The van der Waals surface area contributed by atoms with E-state index < -0.39 is 0 Å². The predicted octanol–water partition coefficient (Wildman–Crippen LogP) is 1.91. The number of para-hydroxylation sites is 1. The van der Waals surface area contributed by atoms with Crippen molar-refractivity contribution in [2.75, 3.05) is 19.7 Å². The summed E-state index contributed by atoms with van der Waals surface area (Å²) in [4.78, 5) is 14.5. The van der Waals surface area contributed by atoms with E-state index in [4.69, 9.17) is 5.11 Å². The van der Waals surface area contributed by atoms with Crippen molar-refractivity contribution in [3.63, 3.8) is 0 Å². The van der Waals surface area contributed by atoms with Gasteiger partial charge in [0.1, 0.15) is 5.75 Å². The van der Waals surface area contributed by atoms with Crippen LogP contribution in [-0.2, 0) is 6.54 Å². The smallest absolute Gasteiger partial charge is 0.257 e. The van der Waals surface area contributed by atoms with Crippen molar-refractivity contribution in [2.45, 2.75) is 32.2 Å². The molecule has 1 aliphatic heterocycles. The van der Waals surface area contributed by atoms with Gasteiger partial charge in [-0.3, -0.25) is 9.48 Å². The van der Waals surface area contributed by atoms with E-state index in [-0.39, 0.29) is 18.3 Å². The average Bonchev–Trinajstić information content (AvgIpc) is 3.05. The number of hydrogen-bond acceptors (Lipinski definition) is 4. The first-order valence-corrected chi connectivity index (χ1v) is 8.32. The third-order valence-corrected chi connectivity index (χ3v) is 4.73. The zero-order valence-corrected chi connectivity index (χ0v) is 13.9. The zero-order valence-electron chi connectivity index (χ0n) is 13.9. The lowest BCUT2D eigenvalue weighted by molar-refractivity contribution is 0.0707. The largest absolute Gasteiger partial charge is 0.507 e. The van der Waals surface area contributed by atoms with E-state index in [9.17, 15) is 9.90 Å². The molecule has 0 spiro atoms. The molecule has 1 amide bonds. The van der Waals surface area contributed by atoms with Gasteiger partial charge in [-0.1, -0.05) is 12.1 Å². The number of carbonyl (C=O) groups is 1. The molecule has 6 nitrogen and oxygen atoms in total. The number of hydrogen-bond donors (Lipinski definition) is 2. The summed E-state index contributed by atoms with van der Waals surface area (Å²) in [6.07, 6.45) is 3.47. The van der Waals surface area contributed by atoms with E-state index in [0.717, 1.165) is 18.5 Å². The third kappa shape index (κ3) is 3.14. The van der Waals surface area contributed by atoms with Gasteiger partial charge in [0.25, 0.3) is 5.91 Å². The number of nitrogens with zero attached hydrogens (tertiary/aromatic N) is 3. The Labute approximate surface area is 141 Å². The topological polar surface area (TPSA) is 78.6 Å². The molecule has 0 bridgehead atoms. The maximum Gasteiger partial charge on any atom is 0.257 e. The fourth-order valence-electron chi connectivity index (χ4n) is 3.35. The number of benzene rings is 1. The summed E-state index contributed by atoms with van der Waals surface area (Å²) in [6.45, 7) is 3.67. The number of amides is 1. The van der Waals surface area contributed by atoms with Crippen LogP contribution in [0.5, 0.6) is 5.75 Å². The number of carbonyl (C=O) groups excluding carboxylic acids is 1. The molecule has 24 heavy (non-hydrogen) atoms. The molecule has 6 heteroatoms. The Balaban J connectivity index is 1.67. The van der Waals surface area contributed by atoms with Crippen LogP contribution in [0.15, 0.2) is 30.5 Å². The van der Waals surface area contributed by atoms with E-state index in [2.05, 4.69) is 5.10 Å². The summed E-state index contributed by atoms with van der Waals surface area (Å²) in [7, 11) is 0. The fraction of sp³-hybridized carbons (Fsp3) is 0.444. The molecule has 1 aromatic heterocycles. The molecule has 0 saturated carbocycles. The highest BCUT2D eigenvalue weighted by molar-refractivity contribution is 5.97. The maximum atomic E-state index is 12.7. The summed E-state index contributed by atoms with van der Waals surface area (Å²) in [5.74, 6) is 0.304. The van der Waals surface area contributed by atoms with Crippen LogP contribution >= 0.6 is 0 Å². The minimum atomic E-state index is -0.112. The van der Waals surface area contributed by atoms with Gasteiger partial charge in [0, 0.05) is 30.9 Å². The van der Waals surface area contributed by atoms with Crippen LogP contribution in [0.1, 0.15) is 40.4 Å². The number of phenolic OH excluding ortho intramolecular Hbond substituents is 1. The molecule has 0 atom stereocenters. The van der Waals surface area contributed by atoms with Crippen LogP contribution in [0.4, 0.5) is 0 Å². The quantitative estimate of drug-likeness (QED) is 0.898. The van der Waals surface area contributed by atoms with Crippen LogP contribution in [0.25, 0.3) is 0 Å². The molecular formula is C18H23N3O3. The number of rotatable bonds is 4. The van der Waals surface area contributed by atoms with Gasteiger partial charge in [-0.25, -0.2) is 0 Å². The van der Waals surface area contributed by atoms with Crippen molar-refractivity contribution < 1.29 is 15.0 Å². The molecule has 3 rings (SSSR count). The third-order valence-electron chi connectivity index (χ3n) is 4.73. The molecule has 1 saturated heterocycles. The van der Waals surface area contributed by atoms with Crippen molar-refractivity contribution in [3.05, 3.63) is 47.3 Å². The first kappa shape index (κ1) is 16.5. The molecule has 2 N–H and O–H groups in total. The van der Waals surface area contributed by atoms with Gasteiger partial charge in [0.05, 0.1) is 18.7 Å². The first-order valence-electron chi connectivity index (χ1n) is 8.32. The Morgan fingerprint density at radius 1 is 1.29 bits per heavy atom. The zero-order chi connectivity index (χ0) is 17.1. The van der Waals surface area contributed by atoms with Gasteiger partial charge in [-0.05, 0) is 37.5 Å². The Morgan fingerprint density at radius 3 is 2.75 bits per heavy atom. The summed E-state index contributed by atoms with van der Waals surface area (Å²) < 4.78 is 1.84.